The van der Waals surface area contributed by atoms with Gasteiger partial charge >= 0.3 is 0 Å². The van der Waals surface area contributed by atoms with Gasteiger partial charge in [0.15, 0.2) is 0 Å². The lowest BCUT2D eigenvalue weighted by Crippen LogP contribution is -2.21. The molecule has 23 heavy (non-hydrogen) atoms. The standard InChI is InChI=1S/C18H16ClFN2O/c1-11(19)14-7-5-12(10-17(14)21-2)15-8-6-13(9-16(15)20)18(23)22(3)4/h5-10H,1-2H2,3-4H3. The second-order valence-electron chi connectivity index (χ2n) is 5.19. The van der Waals surface area contributed by atoms with Crippen LogP contribution in [0.3, 0.4) is 0 Å². The van der Waals surface area contributed by atoms with Crippen molar-refractivity contribution in [3.05, 3.63) is 59.9 Å². The Kier molecular flexibility index (Phi) is 4.96. The van der Waals surface area contributed by atoms with Crippen molar-refractivity contribution in [1.82, 2.24) is 4.90 Å². The highest BCUT2D eigenvalue weighted by molar-refractivity contribution is 6.48. The minimum atomic E-state index is -0.481. The number of hydrogen-bond acceptors (Lipinski definition) is 2. The summed E-state index contributed by atoms with van der Waals surface area (Å²) in [7, 11) is 3.24. The molecule has 0 heterocycles. The highest BCUT2D eigenvalue weighted by Crippen LogP contribution is 2.33. The molecular formula is C18H16ClFN2O. The second-order valence-corrected chi connectivity index (χ2v) is 5.65. The predicted octanol–water partition coefficient (Wildman–Crippen LogP) is 4.74. The van der Waals surface area contributed by atoms with E-state index < -0.39 is 5.82 Å². The van der Waals surface area contributed by atoms with Crippen molar-refractivity contribution < 1.29 is 9.18 Å². The largest absolute Gasteiger partial charge is 0.345 e. The zero-order valence-corrected chi connectivity index (χ0v) is 13.7. The molecule has 0 N–H and O–H groups in total. The number of amides is 1. The fourth-order valence-electron chi connectivity index (χ4n) is 2.20. The number of rotatable bonds is 4. The Balaban J connectivity index is 2.49. The highest BCUT2D eigenvalue weighted by atomic mass is 35.5. The van der Waals surface area contributed by atoms with E-state index in [1.165, 1.54) is 11.0 Å². The molecule has 0 aliphatic carbocycles. The van der Waals surface area contributed by atoms with Crippen LogP contribution in [-0.4, -0.2) is 31.6 Å². The molecule has 0 fully saturated rings. The molecule has 118 valence electrons. The van der Waals surface area contributed by atoms with E-state index in [1.54, 1.807) is 44.4 Å². The van der Waals surface area contributed by atoms with Crippen molar-refractivity contribution in [1.29, 1.82) is 0 Å². The van der Waals surface area contributed by atoms with Crippen molar-refractivity contribution in [2.24, 2.45) is 4.99 Å². The van der Waals surface area contributed by atoms with Crippen LogP contribution in [0.1, 0.15) is 15.9 Å². The van der Waals surface area contributed by atoms with Crippen molar-refractivity contribution in [2.75, 3.05) is 14.1 Å². The molecule has 2 rings (SSSR count). The number of halogens is 2. The third-order valence-electron chi connectivity index (χ3n) is 3.39. The smallest absolute Gasteiger partial charge is 0.253 e. The van der Waals surface area contributed by atoms with E-state index in [0.29, 0.717) is 33.0 Å². The lowest BCUT2D eigenvalue weighted by molar-refractivity contribution is 0.0827. The molecule has 3 nitrogen and oxygen atoms in total. The number of carbonyl (C=O) groups is 1. The van der Waals surface area contributed by atoms with Gasteiger partial charge in [-0.2, -0.15) is 0 Å². The lowest BCUT2D eigenvalue weighted by Gasteiger charge is -2.12. The summed E-state index contributed by atoms with van der Waals surface area (Å²) in [5.41, 5.74) is 2.46. The minimum Gasteiger partial charge on any atom is -0.345 e. The molecule has 2 aromatic rings. The normalized spacial score (nSPS) is 10.3. The Hall–Kier alpha value is -2.46. The molecule has 0 saturated heterocycles. The first-order valence-electron chi connectivity index (χ1n) is 6.82. The first kappa shape index (κ1) is 16.9. The van der Waals surface area contributed by atoms with Crippen LogP contribution < -0.4 is 0 Å². The van der Waals surface area contributed by atoms with Crippen LogP contribution in [0, 0.1) is 5.82 Å². The first-order valence-corrected chi connectivity index (χ1v) is 7.20. The molecule has 0 aliphatic heterocycles. The average Bonchev–Trinajstić information content (AvgIpc) is 2.53. The van der Waals surface area contributed by atoms with Crippen LogP contribution in [0.15, 0.2) is 48.0 Å². The summed E-state index contributed by atoms with van der Waals surface area (Å²) in [6.45, 7) is 7.16. The second kappa shape index (κ2) is 6.75. The topological polar surface area (TPSA) is 32.7 Å². The summed E-state index contributed by atoms with van der Waals surface area (Å²) in [6.07, 6.45) is 0. The number of aliphatic imine (C=N–C) groups is 1. The molecule has 0 bridgehead atoms. The number of hydrogen-bond donors (Lipinski definition) is 0. The van der Waals surface area contributed by atoms with E-state index in [2.05, 4.69) is 18.3 Å². The maximum atomic E-state index is 14.4. The Bertz CT molecular complexity index is 800. The van der Waals surface area contributed by atoms with E-state index in [-0.39, 0.29) is 5.91 Å². The highest BCUT2D eigenvalue weighted by Gasteiger charge is 2.13. The van der Waals surface area contributed by atoms with Gasteiger partial charge in [0.05, 0.1) is 5.69 Å². The van der Waals surface area contributed by atoms with Crippen LogP contribution >= 0.6 is 11.6 Å². The zero-order chi connectivity index (χ0) is 17.1. The summed E-state index contributed by atoms with van der Waals surface area (Å²) in [4.78, 5) is 17.2. The SMILES string of the molecule is C=Nc1cc(-c2ccc(C(=O)N(C)C)cc2F)ccc1C(=C)Cl. The van der Waals surface area contributed by atoms with E-state index in [9.17, 15) is 9.18 Å². The van der Waals surface area contributed by atoms with Gasteiger partial charge in [0.25, 0.3) is 5.91 Å². The number of carbonyl (C=O) groups excluding carboxylic acids is 1. The summed E-state index contributed by atoms with van der Waals surface area (Å²) in [6, 6.07) is 9.52. The van der Waals surface area contributed by atoms with Gasteiger partial charge in [0.1, 0.15) is 5.82 Å². The summed E-state index contributed by atoms with van der Waals surface area (Å²) in [5.74, 6) is -0.733. The van der Waals surface area contributed by atoms with E-state index >= 15 is 0 Å². The van der Waals surface area contributed by atoms with Crippen LogP contribution in [0.4, 0.5) is 10.1 Å². The summed E-state index contributed by atoms with van der Waals surface area (Å²) in [5, 5.41) is 0.339. The van der Waals surface area contributed by atoms with Gasteiger partial charge in [-0.05, 0) is 30.5 Å². The Morgan fingerprint density at radius 2 is 1.91 bits per heavy atom. The molecule has 2 aromatic carbocycles. The van der Waals surface area contributed by atoms with Gasteiger partial charge in [-0.25, -0.2) is 4.39 Å². The van der Waals surface area contributed by atoms with E-state index in [1.807, 2.05) is 0 Å². The van der Waals surface area contributed by atoms with Crippen LogP contribution in [0.2, 0.25) is 0 Å². The molecule has 5 heteroatoms. The lowest BCUT2D eigenvalue weighted by atomic mass is 10.00. The third-order valence-corrected chi connectivity index (χ3v) is 3.60. The van der Waals surface area contributed by atoms with Gasteiger partial charge < -0.3 is 4.90 Å². The summed E-state index contributed by atoms with van der Waals surface area (Å²) < 4.78 is 14.4. The van der Waals surface area contributed by atoms with Crippen LogP contribution in [-0.2, 0) is 0 Å². The van der Waals surface area contributed by atoms with Crippen molar-refractivity contribution in [3.63, 3.8) is 0 Å². The fourth-order valence-corrected chi connectivity index (χ4v) is 2.36. The molecular weight excluding hydrogens is 315 g/mol. The van der Waals surface area contributed by atoms with Gasteiger partial charge in [0.2, 0.25) is 0 Å². The van der Waals surface area contributed by atoms with Gasteiger partial charge in [-0.15, -0.1) is 0 Å². The van der Waals surface area contributed by atoms with Gasteiger partial charge in [-0.1, -0.05) is 36.4 Å². The Morgan fingerprint density at radius 3 is 2.43 bits per heavy atom. The molecule has 0 unspecified atom stereocenters. The third kappa shape index (κ3) is 3.48. The quantitative estimate of drug-likeness (QED) is 0.745. The molecule has 0 saturated carbocycles. The van der Waals surface area contributed by atoms with Crippen LogP contribution in [0.25, 0.3) is 16.2 Å². The maximum Gasteiger partial charge on any atom is 0.253 e. The molecule has 1 amide bonds. The maximum absolute atomic E-state index is 14.4. The fraction of sp³-hybridized carbons (Fsp3) is 0.111. The molecule has 0 aromatic heterocycles. The predicted molar refractivity (Wildman–Crippen MR) is 93.9 cm³/mol. The molecule has 0 aliphatic rings. The Morgan fingerprint density at radius 1 is 1.22 bits per heavy atom. The number of benzene rings is 2. The first-order chi connectivity index (χ1) is 10.8. The van der Waals surface area contributed by atoms with Gasteiger partial charge in [-0.3, -0.25) is 9.79 Å². The van der Waals surface area contributed by atoms with E-state index in [0.717, 1.165) is 0 Å². The molecule has 0 spiro atoms. The average molecular weight is 331 g/mol. The van der Waals surface area contributed by atoms with Crippen molar-refractivity contribution in [3.8, 4) is 11.1 Å². The van der Waals surface area contributed by atoms with E-state index in [4.69, 9.17) is 11.6 Å². The number of nitrogens with zero attached hydrogens (tertiary/aromatic N) is 2. The van der Waals surface area contributed by atoms with Crippen molar-refractivity contribution >= 4 is 34.9 Å². The zero-order valence-electron chi connectivity index (χ0n) is 12.9. The van der Waals surface area contributed by atoms with Crippen LogP contribution in [0.5, 0.6) is 0 Å². The van der Waals surface area contributed by atoms with Crippen molar-refractivity contribution in [2.45, 2.75) is 0 Å². The van der Waals surface area contributed by atoms with Gasteiger partial charge in [0, 0.05) is 35.8 Å². The summed E-state index contributed by atoms with van der Waals surface area (Å²) >= 11 is 5.90. The monoisotopic (exact) mass is 330 g/mol. The molecule has 0 atom stereocenters. The Labute approximate surface area is 139 Å². The molecule has 0 radical (unpaired) electrons. The minimum absolute atomic E-state index is 0.252.